The van der Waals surface area contributed by atoms with Gasteiger partial charge in [0.2, 0.25) is 0 Å². The third-order valence-electron chi connectivity index (χ3n) is 3.24. The predicted molar refractivity (Wildman–Crippen MR) is 75.5 cm³/mol. The van der Waals surface area contributed by atoms with Crippen LogP contribution < -0.4 is 5.32 Å². The van der Waals surface area contributed by atoms with Gasteiger partial charge < -0.3 is 5.32 Å². The van der Waals surface area contributed by atoms with E-state index in [1.54, 1.807) is 0 Å². The van der Waals surface area contributed by atoms with Crippen molar-refractivity contribution in [2.75, 3.05) is 7.05 Å². The number of rotatable bonds is 5. The monoisotopic (exact) mass is 240 g/mol. The molecule has 1 aromatic heterocycles. The van der Waals surface area contributed by atoms with E-state index >= 15 is 0 Å². The highest BCUT2D eigenvalue weighted by Gasteiger charge is 2.09. The fourth-order valence-electron chi connectivity index (χ4n) is 2.11. The van der Waals surface area contributed by atoms with Gasteiger partial charge in [-0.3, -0.25) is 4.98 Å². The summed E-state index contributed by atoms with van der Waals surface area (Å²) in [5.41, 5.74) is 3.81. The van der Waals surface area contributed by atoms with Crippen LogP contribution in [0.4, 0.5) is 0 Å². The molecule has 0 spiro atoms. The van der Waals surface area contributed by atoms with Gasteiger partial charge in [0, 0.05) is 17.9 Å². The van der Waals surface area contributed by atoms with Gasteiger partial charge in [0.05, 0.1) is 0 Å². The Labute approximate surface area is 109 Å². The molecule has 2 nitrogen and oxygen atoms in total. The Kier molecular flexibility index (Phi) is 4.48. The van der Waals surface area contributed by atoms with Crippen molar-refractivity contribution in [2.24, 2.45) is 0 Å². The Morgan fingerprint density at radius 2 is 1.89 bits per heavy atom. The normalized spacial score (nSPS) is 12.3. The molecule has 0 amide bonds. The summed E-state index contributed by atoms with van der Waals surface area (Å²) in [7, 11) is 2.02. The smallest absolute Gasteiger partial charge is 0.0404 e. The van der Waals surface area contributed by atoms with E-state index in [0.717, 1.165) is 18.5 Å². The van der Waals surface area contributed by atoms with E-state index in [0.29, 0.717) is 6.04 Å². The van der Waals surface area contributed by atoms with Crippen LogP contribution in [0.3, 0.4) is 0 Å². The number of aryl methyl sites for hydroxylation is 2. The van der Waals surface area contributed by atoms with Crippen molar-refractivity contribution in [1.29, 1.82) is 0 Å². The van der Waals surface area contributed by atoms with E-state index < -0.39 is 0 Å². The molecule has 18 heavy (non-hydrogen) atoms. The van der Waals surface area contributed by atoms with Crippen molar-refractivity contribution in [1.82, 2.24) is 10.3 Å². The molecule has 2 heteroatoms. The highest BCUT2D eigenvalue weighted by Crippen LogP contribution is 2.18. The van der Waals surface area contributed by atoms with Gasteiger partial charge in [-0.2, -0.15) is 0 Å². The Morgan fingerprint density at radius 3 is 2.50 bits per heavy atom. The van der Waals surface area contributed by atoms with Gasteiger partial charge in [-0.05, 0) is 44.5 Å². The molecule has 94 valence electrons. The van der Waals surface area contributed by atoms with E-state index in [1.165, 1.54) is 11.1 Å². The van der Waals surface area contributed by atoms with Gasteiger partial charge in [0.15, 0.2) is 0 Å². The number of nitrogens with one attached hydrogen (secondary N) is 1. The Hall–Kier alpha value is -1.67. The summed E-state index contributed by atoms with van der Waals surface area (Å²) >= 11 is 0. The molecule has 0 saturated carbocycles. The summed E-state index contributed by atoms with van der Waals surface area (Å²) in [5, 5.41) is 3.38. The molecule has 1 N–H and O–H groups in total. The van der Waals surface area contributed by atoms with Gasteiger partial charge in [-0.1, -0.05) is 35.9 Å². The molecule has 0 bridgehead atoms. The molecule has 0 aliphatic carbocycles. The zero-order valence-electron chi connectivity index (χ0n) is 11.1. The first-order valence-electron chi connectivity index (χ1n) is 6.43. The summed E-state index contributed by atoms with van der Waals surface area (Å²) < 4.78 is 0. The highest BCUT2D eigenvalue weighted by molar-refractivity contribution is 5.24. The van der Waals surface area contributed by atoms with Gasteiger partial charge in [-0.15, -0.1) is 0 Å². The lowest BCUT2D eigenvalue weighted by molar-refractivity contribution is 0.545. The molecule has 0 saturated heterocycles. The lowest BCUT2D eigenvalue weighted by Gasteiger charge is -2.16. The molecule has 0 aliphatic heterocycles. The number of nitrogens with zero attached hydrogens (tertiary/aromatic N) is 1. The standard InChI is InChI=1S/C16H20N2/c1-13-6-8-14(9-7-13)16(17-2)11-10-15-5-3-4-12-18-15/h3-9,12,16-17H,10-11H2,1-2H3. The molecule has 0 fully saturated rings. The van der Waals surface area contributed by atoms with Crippen LogP contribution in [0, 0.1) is 6.92 Å². The van der Waals surface area contributed by atoms with Crippen LogP contribution >= 0.6 is 0 Å². The first kappa shape index (κ1) is 12.8. The second-order valence-electron chi connectivity index (χ2n) is 4.61. The first-order valence-corrected chi connectivity index (χ1v) is 6.43. The highest BCUT2D eigenvalue weighted by atomic mass is 14.9. The Bertz CT molecular complexity index is 462. The van der Waals surface area contributed by atoms with Crippen molar-refractivity contribution in [3.05, 3.63) is 65.5 Å². The maximum atomic E-state index is 4.37. The maximum Gasteiger partial charge on any atom is 0.0404 e. The van der Waals surface area contributed by atoms with Crippen molar-refractivity contribution in [2.45, 2.75) is 25.8 Å². The number of hydrogen-bond donors (Lipinski definition) is 1. The van der Waals surface area contributed by atoms with Crippen molar-refractivity contribution in [3.63, 3.8) is 0 Å². The van der Waals surface area contributed by atoms with Crippen LogP contribution in [0.1, 0.15) is 29.3 Å². The Balaban J connectivity index is 1.99. The first-order chi connectivity index (χ1) is 8.79. The van der Waals surface area contributed by atoms with Crippen LogP contribution in [0.2, 0.25) is 0 Å². The predicted octanol–water partition coefficient (Wildman–Crippen LogP) is 3.28. The second-order valence-corrected chi connectivity index (χ2v) is 4.61. The maximum absolute atomic E-state index is 4.37. The molecule has 1 unspecified atom stereocenters. The average Bonchev–Trinajstić information content (AvgIpc) is 2.42. The van der Waals surface area contributed by atoms with Gasteiger partial charge in [-0.25, -0.2) is 0 Å². The van der Waals surface area contributed by atoms with Gasteiger partial charge in [0.1, 0.15) is 0 Å². The van der Waals surface area contributed by atoms with Gasteiger partial charge >= 0.3 is 0 Å². The summed E-state index contributed by atoms with van der Waals surface area (Å²) in [6, 6.07) is 15.2. The summed E-state index contributed by atoms with van der Waals surface area (Å²) in [5.74, 6) is 0. The lowest BCUT2D eigenvalue weighted by Crippen LogP contribution is -2.17. The van der Waals surface area contributed by atoms with Crippen LogP contribution in [-0.4, -0.2) is 12.0 Å². The van der Waals surface area contributed by atoms with Crippen molar-refractivity contribution < 1.29 is 0 Å². The molecule has 2 aromatic rings. The molecular formula is C16H20N2. The van der Waals surface area contributed by atoms with Crippen LogP contribution in [-0.2, 0) is 6.42 Å². The van der Waals surface area contributed by atoms with Crippen molar-refractivity contribution in [3.8, 4) is 0 Å². The molecule has 2 rings (SSSR count). The Morgan fingerprint density at radius 1 is 1.11 bits per heavy atom. The SMILES string of the molecule is CNC(CCc1ccccn1)c1ccc(C)cc1. The fraction of sp³-hybridized carbons (Fsp3) is 0.312. The van der Waals surface area contributed by atoms with Crippen molar-refractivity contribution >= 4 is 0 Å². The van der Waals surface area contributed by atoms with Crippen LogP contribution in [0.15, 0.2) is 48.7 Å². The second kappa shape index (κ2) is 6.31. The lowest BCUT2D eigenvalue weighted by atomic mass is 10.00. The minimum absolute atomic E-state index is 0.396. The summed E-state index contributed by atoms with van der Waals surface area (Å²) in [6.45, 7) is 2.12. The fourth-order valence-corrected chi connectivity index (χ4v) is 2.11. The third kappa shape index (κ3) is 3.41. The van der Waals surface area contributed by atoms with Crippen LogP contribution in [0.25, 0.3) is 0 Å². The number of benzene rings is 1. The molecule has 1 atom stereocenters. The van der Waals surface area contributed by atoms with E-state index in [4.69, 9.17) is 0 Å². The minimum atomic E-state index is 0.396. The molecule has 1 aromatic carbocycles. The largest absolute Gasteiger partial charge is 0.313 e. The topological polar surface area (TPSA) is 24.9 Å². The average molecular weight is 240 g/mol. The summed E-state index contributed by atoms with van der Waals surface area (Å²) in [6.07, 6.45) is 3.92. The third-order valence-corrected chi connectivity index (χ3v) is 3.24. The van der Waals surface area contributed by atoms with Crippen LogP contribution in [0.5, 0.6) is 0 Å². The zero-order valence-corrected chi connectivity index (χ0v) is 11.1. The molecule has 0 aliphatic rings. The number of hydrogen-bond acceptors (Lipinski definition) is 2. The van der Waals surface area contributed by atoms with Gasteiger partial charge in [0.25, 0.3) is 0 Å². The molecular weight excluding hydrogens is 220 g/mol. The molecule has 0 radical (unpaired) electrons. The molecule has 1 heterocycles. The summed E-state index contributed by atoms with van der Waals surface area (Å²) in [4.78, 5) is 4.37. The number of aromatic nitrogens is 1. The van der Waals surface area contributed by atoms with E-state index in [-0.39, 0.29) is 0 Å². The zero-order chi connectivity index (χ0) is 12.8. The number of pyridine rings is 1. The minimum Gasteiger partial charge on any atom is -0.313 e. The van der Waals surface area contributed by atoms with E-state index in [2.05, 4.69) is 47.6 Å². The van der Waals surface area contributed by atoms with E-state index in [1.807, 2.05) is 25.4 Å². The quantitative estimate of drug-likeness (QED) is 0.867. The van der Waals surface area contributed by atoms with E-state index in [9.17, 15) is 0 Å².